The largest absolute Gasteiger partial charge is 0.442 e. The Hall–Kier alpha value is -1.71. The van der Waals surface area contributed by atoms with Crippen LogP contribution in [-0.4, -0.2) is 23.2 Å². The maximum absolute atomic E-state index is 11.2. The van der Waals surface area contributed by atoms with Gasteiger partial charge in [-0.2, -0.15) is 4.99 Å². The van der Waals surface area contributed by atoms with E-state index in [-0.39, 0.29) is 5.78 Å². The summed E-state index contributed by atoms with van der Waals surface area (Å²) >= 11 is 0. The van der Waals surface area contributed by atoms with E-state index in [1.165, 1.54) is 24.3 Å². The highest BCUT2D eigenvalue weighted by atomic mass is 16.6. The van der Waals surface area contributed by atoms with Gasteiger partial charge in [0.05, 0.1) is 5.71 Å². The van der Waals surface area contributed by atoms with Gasteiger partial charge in [0, 0.05) is 0 Å². The van der Waals surface area contributed by atoms with Gasteiger partial charge in [-0.1, -0.05) is 0 Å². The van der Waals surface area contributed by atoms with Crippen molar-refractivity contribution in [1.82, 2.24) is 0 Å². The van der Waals surface area contributed by atoms with Gasteiger partial charge in [0.25, 0.3) is 0 Å². The molecule has 80 valence electrons. The van der Waals surface area contributed by atoms with Crippen LogP contribution in [0, 0.1) is 0 Å². The predicted octanol–water partition coefficient (Wildman–Crippen LogP) is 2.06. The number of nitrogens with zero attached hydrogens (tertiary/aromatic N) is 1. The molecule has 0 aromatic heterocycles. The normalized spacial score (nSPS) is 15.4. The summed E-state index contributed by atoms with van der Waals surface area (Å²) in [7, 11) is 0. The SMILES string of the molecule is CC(C)(C)OC(=O)N=C1C=CC(=O)C=C1. The lowest BCUT2D eigenvalue weighted by molar-refractivity contribution is -0.110. The molecular weight excluding hydrogens is 194 g/mol. The number of carbonyl (C=O) groups is 2. The summed E-state index contributed by atoms with van der Waals surface area (Å²) in [6.07, 6.45) is 5.01. The van der Waals surface area contributed by atoms with E-state index >= 15 is 0 Å². The van der Waals surface area contributed by atoms with Gasteiger partial charge < -0.3 is 4.74 Å². The van der Waals surface area contributed by atoms with Crippen LogP contribution in [0.5, 0.6) is 0 Å². The molecule has 1 rings (SSSR count). The van der Waals surface area contributed by atoms with Gasteiger partial charge in [-0.05, 0) is 45.1 Å². The van der Waals surface area contributed by atoms with Gasteiger partial charge in [-0.3, -0.25) is 4.79 Å². The Balaban J connectivity index is 2.65. The first-order valence-corrected chi connectivity index (χ1v) is 4.59. The summed E-state index contributed by atoms with van der Waals surface area (Å²) in [5.41, 5.74) is -0.136. The zero-order valence-corrected chi connectivity index (χ0v) is 8.98. The number of rotatable bonds is 0. The van der Waals surface area contributed by atoms with Crippen LogP contribution in [0.15, 0.2) is 29.3 Å². The molecule has 15 heavy (non-hydrogen) atoms. The van der Waals surface area contributed by atoms with E-state index in [2.05, 4.69) is 4.99 Å². The third-order valence-corrected chi connectivity index (χ3v) is 1.45. The summed E-state index contributed by atoms with van der Waals surface area (Å²) in [6.45, 7) is 5.30. The Morgan fingerprint density at radius 2 is 1.73 bits per heavy atom. The molecule has 0 atom stereocenters. The molecule has 0 fully saturated rings. The van der Waals surface area contributed by atoms with E-state index < -0.39 is 11.7 Å². The number of allylic oxidation sites excluding steroid dienone is 4. The second-order valence-electron chi connectivity index (χ2n) is 4.09. The molecule has 0 N–H and O–H groups in total. The quantitative estimate of drug-likeness (QED) is 0.571. The number of hydrogen-bond acceptors (Lipinski definition) is 3. The highest BCUT2D eigenvalue weighted by molar-refractivity contribution is 6.18. The van der Waals surface area contributed by atoms with Crippen LogP contribution in [-0.2, 0) is 9.53 Å². The maximum atomic E-state index is 11.2. The fourth-order valence-corrected chi connectivity index (χ4v) is 0.911. The molecule has 0 aromatic carbocycles. The van der Waals surface area contributed by atoms with Gasteiger partial charge in [-0.15, -0.1) is 0 Å². The van der Waals surface area contributed by atoms with Crippen LogP contribution in [0.4, 0.5) is 4.79 Å². The molecule has 0 bridgehead atoms. The Morgan fingerprint density at radius 1 is 1.20 bits per heavy atom. The minimum absolute atomic E-state index is 0.113. The molecule has 1 aliphatic rings. The smallest absolute Gasteiger partial charge is 0.434 e. The zero-order chi connectivity index (χ0) is 11.5. The predicted molar refractivity (Wildman–Crippen MR) is 57.0 cm³/mol. The molecule has 1 amide bonds. The summed E-state index contributed by atoms with van der Waals surface area (Å²) in [6, 6.07) is 0. The maximum Gasteiger partial charge on any atom is 0.434 e. The molecule has 0 heterocycles. The van der Waals surface area contributed by atoms with Crippen molar-refractivity contribution in [3.8, 4) is 0 Å². The molecule has 0 unspecified atom stereocenters. The number of ketones is 1. The second-order valence-corrected chi connectivity index (χ2v) is 4.09. The topological polar surface area (TPSA) is 55.7 Å². The lowest BCUT2D eigenvalue weighted by atomic mass is 10.2. The Labute approximate surface area is 88.3 Å². The van der Waals surface area contributed by atoms with Gasteiger partial charge in [0.1, 0.15) is 5.60 Å². The highest BCUT2D eigenvalue weighted by Gasteiger charge is 2.15. The van der Waals surface area contributed by atoms with Crippen molar-refractivity contribution in [3.05, 3.63) is 24.3 Å². The Morgan fingerprint density at radius 3 is 2.20 bits per heavy atom. The number of carbonyl (C=O) groups excluding carboxylic acids is 2. The van der Waals surface area contributed by atoms with E-state index in [1.807, 2.05) is 0 Å². The van der Waals surface area contributed by atoms with Crippen LogP contribution in [0.1, 0.15) is 20.8 Å². The molecule has 1 aliphatic carbocycles. The van der Waals surface area contributed by atoms with Gasteiger partial charge >= 0.3 is 6.09 Å². The molecular formula is C11H13NO3. The van der Waals surface area contributed by atoms with E-state index in [9.17, 15) is 9.59 Å². The highest BCUT2D eigenvalue weighted by Crippen LogP contribution is 2.08. The molecule has 0 aromatic rings. The van der Waals surface area contributed by atoms with E-state index in [0.717, 1.165) is 0 Å². The minimum Gasteiger partial charge on any atom is -0.442 e. The van der Waals surface area contributed by atoms with Crippen molar-refractivity contribution in [2.24, 2.45) is 4.99 Å². The third kappa shape index (κ3) is 4.35. The number of hydrogen-bond donors (Lipinski definition) is 0. The number of amides is 1. The van der Waals surface area contributed by atoms with Crippen LogP contribution in [0.25, 0.3) is 0 Å². The van der Waals surface area contributed by atoms with E-state index in [0.29, 0.717) is 5.71 Å². The van der Waals surface area contributed by atoms with Crippen molar-refractivity contribution in [1.29, 1.82) is 0 Å². The first-order valence-electron chi connectivity index (χ1n) is 4.59. The molecule has 0 spiro atoms. The average Bonchev–Trinajstić information content (AvgIpc) is 2.05. The monoisotopic (exact) mass is 207 g/mol. The van der Waals surface area contributed by atoms with Gasteiger partial charge in [0.2, 0.25) is 0 Å². The minimum atomic E-state index is -0.652. The molecule has 0 radical (unpaired) electrons. The Kier molecular flexibility index (Phi) is 3.19. The van der Waals surface area contributed by atoms with Crippen LogP contribution >= 0.6 is 0 Å². The van der Waals surface area contributed by atoms with Crippen LogP contribution < -0.4 is 0 Å². The molecule has 4 nitrogen and oxygen atoms in total. The number of aliphatic imine (C=N–C) groups is 1. The van der Waals surface area contributed by atoms with Crippen molar-refractivity contribution in [2.45, 2.75) is 26.4 Å². The van der Waals surface area contributed by atoms with Crippen molar-refractivity contribution < 1.29 is 14.3 Å². The molecule has 0 saturated heterocycles. The average molecular weight is 207 g/mol. The van der Waals surface area contributed by atoms with Crippen LogP contribution in [0.2, 0.25) is 0 Å². The first kappa shape index (κ1) is 11.4. The summed E-state index contributed by atoms with van der Waals surface area (Å²) < 4.78 is 4.99. The lowest BCUT2D eigenvalue weighted by Crippen LogP contribution is -2.22. The first-order chi connectivity index (χ1) is 6.87. The Bertz CT molecular complexity index is 352. The van der Waals surface area contributed by atoms with Crippen molar-refractivity contribution >= 4 is 17.6 Å². The molecule has 4 heteroatoms. The zero-order valence-electron chi connectivity index (χ0n) is 8.98. The molecule has 0 aliphatic heterocycles. The fraction of sp³-hybridized carbons (Fsp3) is 0.364. The fourth-order valence-electron chi connectivity index (χ4n) is 0.911. The number of ether oxygens (including phenoxy) is 1. The van der Waals surface area contributed by atoms with E-state index in [4.69, 9.17) is 4.74 Å². The summed E-state index contributed by atoms with van der Waals surface area (Å²) in [4.78, 5) is 25.7. The van der Waals surface area contributed by atoms with Gasteiger partial charge in [-0.25, -0.2) is 4.79 Å². The summed E-state index contributed by atoms with van der Waals surface area (Å²) in [5, 5.41) is 0. The second kappa shape index (κ2) is 4.21. The van der Waals surface area contributed by atoms with Gasteiger partial charge in [0.15, 0.2) is 5.78 Å². The van der Waals surface area contributed by atoms with Crippen LogP contribution in [0.3, 0.4) is 0 Å². The van der Waals surface area contributed by atoms with Crippen molar-refractivity contribution in [3.63, 3.8) is 0 Å². The van der Waals surface area contributed by atoms with E-state index in [1.54, 1.807) is 20.8 Å². The lowest BCUT2D eigenvalue weighted by Gasteiger charge is -2.17. The summed E-state index contributed by atoms with van der Waals surface area (Å²) in [5.74, 6) is -0.113. The third-order valence-electron chi connectivity index (χ3n) is 1.45. The van der Waals surface area contributed by atoms with Crippen molar-refractivity contribution in [2.75, 3.05) is 0 Å². The molecule has 0 saturated carbocycles. The standard InChI is InChI=1S/C11H13NO3/c1-11(2,3)15-10(14)12-8-4-6-9(13)7-5-8/h4-7H,1-3H3.